The number of hydrogen-bond donors (Lipinski definition) is 1. The summed E-state index contributed by atoms with van der Waals surface area (Å²) in [5, 5.41) is 0. The lowest BCUT2D eigenvalue weighted by molar-refractivity contribution is -0.00217. The zero-order chi connectivity index (χ0) is 11.3. The summed E-state index contributed by atoms with van der Waals surface area (Å²) in [6.07, 6.45) is 6.76. The summed E-state index contributed by atoms with van der Waals surface area (Å²) in [6, 6.07) is 0.00745. The lowest BCUT2D eigenvalue weighted by atomic mass is 9.81. The van der Waals surface area contributed by atoms with E-state index in [1.807, 2.05) is 13.8 Å². The molecule has 1 saturated carbocycles. The van der Waals surface area contributed by atoms with Crippen molar-refractivity contribution in [2.45, 2.75) is 58.1 Å². The first-order valence-corrected chi connectivity index (χ1v) is 6.19. The maximum absolute atomic E-state index is 6.15. The highest BCUT2D eigenvalue weighted by atomic mass is 16.5. The lowest BCUT2D eigenvalue weighted by Gasteiger charge is -2.34. The second-order valence-electron chi connectivity index (χ2n) is 4.69. The van der Waals surface area contributed by atoms with E-state index < -0.39 is 0 Å². The molecule has 0 aliphatic heterocycles. The van der Waals surface area contributed by atoms with E-state index in [-0.39, 0.29) is 12.1 Å². The summed E-state index contributed by atoms with van der Waals surface area (Å²) in [4.78, 5) is 0. The van der Waals surface area contributed by atoms with Crippen LogP contribution in [0.15, 0.2) is 12.2 Å². The first kappa shape index (κ1) is 12.7. The molecule has 2 nitrogen and oxygen atoms in total. The van der Waals surface area contributed by atoms with Crippen LogP contribution in [0, 0.1) is 5.92 Å². The van der Waals surface area contributed by atoms with E-state index in [0.717, 1.165) is 12.2 Å². The Morgan fingerprint density at radius 1 is 1.40 bits per heavy atom. The van der Waals surface area contributed by atoms with Crippen LogP contribution in [-0.4, -0.2) is 18.8 Å². The number of hydrogen-bond acceptors (Lipinski definition) is 2. The third-order valence-corrected chi connectivity index (χ3v) is 3.40. The predicted octanol–water partition coefficient (Wildman–Crippen LogP) is 2.88. The summed E-state index contributed by atoms with van der Waals surface area (Å²) >= 11 is 0. The van der Waals surface area contributed by atoms with E-state index in [9.17, 15) is 0 Å². The van der Waals surface area contributed by atoms with Gasteiger partial charge in [-0.2, -0.15) is 0 Å². The molecule has 88 valence electrons. The van der Waals surface area contributed by atoms with Crippen LogP contribution >= 0.6 is 0 Å². The minimum Gasteiger partial charge on any atom is -0.376 e. The van der Waals surface area contributed by atoms with Crippen LogP contribution in [0.25, 0.3) is 0 Å². The molecule has 2 heteroatoms. The minimum absolute atomic E-state index is 0.00745. The standard InChI is InChI=1S/C13H25NO/c1-4-15-13(12(14)10(2)3)11-8-6-5-7-9-11/h11-13H,2,4-9,14H2,1,3H3. The maximum atomic E-state index is 6.15. The van der Waals surface area contributed by atoms with E-state index in [0.29, 0.717) is 5.92 Å². The van der Waals surface area contributed by atoms with Crippen molar-refractivity contribution < 1.29 is 4.74 Å². The summed E-state index contributed by atoms with van der Waals surface area (Å²) in [6.45, 7) is 8.74. The average molecular weight is 211 g/mol. The first-order chi connectivity index (χ1) is 7.16. The smallest absolute Gasteiger partial charge is 0.0792 e. The number of rotatable bonds is 5. The van der Waals surface area contributed by atoms with Gasteiger partial charge in [-0.25, -0.2) is 0 Å². The molecule has 0 spiro atoms. The summed E-state index contributed by atoms with van der Waals surface area (Å²) in [5.74, 6) is 0.644. The Kier molecular flexibility index (Phi) is 5.34. The Morgan fingerprint density at radius 3 is 2.47 bits per heavy atom. The quantitative estimate of drug-likeness (QED) is 0.710. The molecule has 2 N–H and O–H groups in total. The van der Waals surface area contributed by atoms with Gasteiger partial charge in [-0.15, -0.1) is 0 Å². The van der Waals surface area contributed by atoms with Crippen LogP contribution in [-0.2, 0) is 4.74 Å². The van der Waals surface area contributed by atoms with Gasteiger partial charge in [0.25, 0.3) is 0 Å². The fraction of sp³-hybridized carbons (Fsp3) is 0.846. The monoisotopic (exact) mass is 211 g/mol. The minimum atomic E-state index is 0.00745. The van der Waals surface area contributed by atoms with Crippen LogP contribution in [0.4, 0.5) is 0 Å². The molecule has 2 atom stereocenters. The highest BCUT2D eigenvalue weighted by Gasteiger charge is 2.29. The Bertz CT molecular complexity index is 197. The Labute approximate surface area is 93.9 Å². The number of ether oxygens (including phenoxy) is 1. The molecule has 1 rings (SSSR count). The SMILES string of the molecule is C=C(C)C(N)C(OCC)C1CCCCC1. The van der Waals surface area contributed by atoms with Gasteiger partial charge in [0.15, 0.2) is 0 Å². The number of nitrogens with two attached hydrogens (primary N) is 1. The van der Waals surface area contributed by atoms with E-state index in [4.69, 9.17) is 10.5 Å². The molecule has 0 amide bonds. The third kappa shape index (κ3) is 3.62. The molecule has 0 bridgehead atoms. The lowest BCUT2D eigenvalue weighted by Crippen LogP contribution is -2.43. The van der Waals surface area contributed by atoms with Crippen LogP contribution in [0.2, 0.25) is 0 Å². The molecule has 0 aromatic heterocycles. The molecule has 0 heterocycles. The Hall–Kier alpha value is -0.340. The van der Waals surface area contributed by atoms with Gasteiger partial charge in [-0.3, -0.25) is 0 Å². The van der Waals surface area contributed by atoms with Gasteiger partial charge < -0.3 is 10.5 Å². The molecule has 1 fully saturated rings. The van der Waals surface area contributed by atoms with Gasteiger partial charge in [0.2, 0.25) is 0 Å². The first-order valence-electron chi connectivity index (χ1n) is 6.19. The summed E-state index contributed by atoms with van der Waals surface area (Å²) in [7, 11) is 0. The third-order valence-electron chi connectivity index (χ3n) is 3.40. The predicted molar refractivity (Wildman–Crippen MR) is 64.8 cm³/mol. The van der Waals surface area contributed by atoms with E-state index >= 15 is 0 Å². The fourth-order valence-electron chi connectivity index (χ4n) is 2.47. The van der Waals surface area contributed by atoms with Crippen LogP contribution in [0.5, 0.6) is 0 Å². The van der Waals surface area contributed by atoms with Crippen molar-refractivity contribution in [2.75, 3.05) is 6.61 Å². The topological polar surface area (TPSA) is 35.2 Å². The molecule has 0 aromatic rings. The fourth-order valence-corrected chi connectivity index (χ4v) is 2.47. The molecule has 2 unspecified atom stereocenters. The van der Waals surface area contributed by atoms with Gasteiger partial charge in [-0.1, -0.05) is 31.4 Å². The molecular weight excluding hydrogens is 186 g/mol. The Balaban J connectivity index is 2.58. The zero-order valence-corrected chi connectivity index (χ0v) is 10.2. The largest absolute Gasteiger partial charge is 0.376 e. The molecular formula is C13H25NO. The molecule has 1 aliphatic rings. The van der Waals surface area contributed by atoms with Crippen LogP contribution in [0.1, 0.15) is 46.0 Å². The van der Waals surface area contributed by atoms with Gasteiger partial charge in [0.05, 0.1) is 12.1 Å². The van der Waals surface area contributed by atoms with Crippen molar-refractivity contribution in [1.29, 1.82) is 0 Å². The highest BCUT2D eigenvalue weighted by Crippen LogP contribution is 2.30. The zero-order valence-electron chi connectivity index (χ0n) is 10.2. The normalized spacial score (nSPS) is 22.3. The highest BCUT2D eigenvalue weighted by molar-refractivity contribution is 5.05. The summed E-state index contributed by atoms with van der Waals surface area (Å²) in [5.41, 5.74) is 7.19. The van der Waals surface area contributed by atoms with Crippen molar-refractivity contribution in [3.05, 3.63) is 12.2 Å². The second-order valence-corrected chi connectivity index (χ2v) is 4.69. The molecule has 0 aromatic carbocycles. The van der Waals surface area contributed by atoms with Gasteiger partial charge >= 0.3 is 0 Å². The van der Waals surface area contributed by atoms with Gasteiger partial charge in [0, 0.05) is 6.61 Å². The van der Waals surface area contributed by atoms with Gasteiger partial charge in [0.1, 0.15) is 0 Å². The maximum Gasteiger partial charge on any atom is 0.0792 e. The van der Waals surface area contributed by atoms with E-state index in [1.165, 1.54) is 32.1 Å². The Morgan fingerprint density at radius 2 is 2.00 bits per heavy atom. The van der Waals surface area contributed by atoms with Crippen molar-refractivity contribution in [2.24, 2.45) is 11.7 Å². The van der Waals surface area contributed by atoms with E-state index in [2.05, 4.69) is 6.58 Å². The average Bonchev–Trinajstić information content (AvgIpc) is 2.26. The van der Waals surface area contributed by atoms with Crippen LogP contribution < -0.4 is 5.73 Å². The van der Waals surface area contributed by atoms with Crippen LogP contribution in [0.3, 0.4) is 0 Å². The molecule has 0 saturated heterocycles. The van der Waals surface area contributed by atoms with Crippen molar-refractivity contribution in [3.63, 3.8) is 0 Å². The molecule has 15 heavy (non-hydrogen) atoms. The van der Waals surface area contributed by atoms with E-state index in [1.54, 1.807) is 0 Å². The van der Waals surface area contributed by atoms with Crippen molar-refractivity contribution in [1.82, 2.24) is 0 Å². The summed E-state index contributed by atoms with van der Waals surface area (Å²) < 4.78 is 5.82. The molecule has 1 aliphatic carbocycles. The van der Waals surface area contributed by atoms with Gasteiger partial charge in [-0.05, 0) is 32.6 Å². The second kappa shape index (κ2) is 6.29. The van der Waals surface area contributed by atoms with Crippen molar-refractivity contribution >= 4 is 0 Å². The molecule has 0 radical (unpaired) electrons. The van der Waals surface area contributed by atoms with Crippen molar-refractivity contribution in [3.8, 4) is 0 Å².